The largest absolute Gasteiger partial charge is 0.452 e. The highest BCUT2D eigenvalue weighted by molar-refractivity contribution is 6.31. The molecule has 10 heteroatoms. The van der Waals surface area contributed by atoms with Gasteiger partial charge in [-0.05, 0) is 25.0 Å². The van der Waals surface area contributed by atoms with Crippen LogP contribution >= 0.6 is 11.6 Å². The van der Waals surface area contributed by atoms with Crippen molar-refractivity contribution in [2.45, 2.75) is 38.1 Å². The Bertz CT molecular complexity index is 718. The van der Waals surface area contributed by atoms with Crippen LogP contribution < -0.4 is 10.6 Å². The van der Waals surface area contributed by atoms with Gasteiger partial charge < -0.3 is 10.1 Å². The number of rotatable bonds is 5. The first-order valence-electron chi connectivity index (χ1n) is 8.08. The molecule has 1 fully saturated rings. The number of urea groups is 1. The molecule has 2 rings (SSSR count). The van der Waals surface area contributed by atoms with Crippen molar-refractivity contribution >= 4 is 35.2 Å². The number of carbonyl (C=O) groups excluding carboxylic acids is 3. The Balaban J connectivity index is 1.85. The summed E-state index contributed by atoms with van der Waals surface area (Å²) in [6.07, 6.45) is 4.89. The Morgan fingerprint density at radius 3 is 2.58 bits per heavy atom. The average molecular weight is 384 g/mol. The molecule has 0 heterocycles. The molecule has 1 aromatic carbocycles. The number of carbonyl (C=O) groups is 3. The number of hydrogen-bond acceptors (Lipinski definition) is 6. The SMILES string of the molecule is O=C(COC(=O)c1cc(Cl)ccc1[N+](=O)[O-])NC(=O)NC1CCCCC1. The zero-order chi connectivity index (χ0) is 19.1. The van der Waals surface area contributed by atoms with Gasteiger partial charge in [-0.25, -0.2) is 9.59 Å². The van der Waals surface area contributed by atoms with E-state index in [1.165, 1.54) is 6.07 Å². The maximum Gasteiger partial charge on any atom is 0.345 e. The fourth-order valence-electron chi connectivity index (χ4n) is 2.67. The van der Waals surface area contributed by atoms with Gasteiger partial charge in [-0.3, -0.25) is 20.2 Å². The van der Waals surface area contributed by atoms with Crippen LogP contribution in [0, 0.1) is 10.1 Å². The van der Waals surface area contributed by atoms with Gasteiger partial charge in [0.05, 0.1) is 4.92 Å². The number of amides is 3. The highest BCUT2D eigenvalue weighted by Crippen LogP contribution is 2.23. The second-order valence-corrected chi connectivity index (χ2v) is 6.29. The maximum atomic E-state index is 12.0. The molecule has 1 aliphatic rings. The van der Waals surface area contributed by atoms with E-state index in [2.05, 4.69) is 10.6 Å². The van der Waals surface area contributed by atoms with Gasteiger partial charge >= 0.3 is 12.0 Å². The van der Waals surface area contributed by atoms with Crippen LogP contribution in [0.25, 0.3) is 0 Å². The molecule has 140 valence electrons. The number of ether oxygens (including phenoxy) is 1. The highest BCUT2D eigenvalue weighted by Gasteiger charge is 2.23. The number of imide groups is 1. The topological polar surface area (TPSA) is 128 Å². The van der Waals surface area contributed by atoms with Gasteiger partial charge in [-0.2, -0.15) is 0 Å². The number of benzene rings is 1. The molecule has 1 saturated carbocycles. The zero-order valence-corrected chi connectivity index (χ0v) is 14.6. The van der Waals surface area contributed by atoms with E-state index in [1.54, 1.807) is 0 Å². The molecule has 1 aliphatic carbocycles. The van der Waals surface area contributed by atoms with E-state index < -0.39 is 35.1 Å². The van der Waals surface area contributed by atoms with Gasteiger partial charge in [0, 0.05) is 17.1 Å². The highest BCUT2D eigenvalue weighted by atomic mass is 35.5. The Morgan fingerprint density at radius 1 is 1.23 bits per heavy atom. The lowest BCUT2D eigenvalue weighted by Crippen LogP contribution is -2.46. The van der Waals surface area contributed by atoms with E-state index in [9.17, 15) is 24.5 Å². The van der Waals surface area contributed by atoms with Gasteiger partial charge in [-0.15, -0.1) is 0 Å². The quantitative estimate of drug-likeness (QED) is 0.457. The summed E-state index contributed by atoms with van der Waals surface area (Å²) in [6.45, 7) is -0.749. The van der Waals surface area contributed by atoms with E-state index in [-0.39, 0.29) is 16.6 Å². The maximum absolute atomic E-state index is 12.0. The normalized spacial score (nSPS) is 14.3. The molecule has 0 bridgehead atoms. The molecule has 9 nitrogen and oxygen atoms in total. The predicted octanol–water partition coefficient (Wildman–Crippen LogP) is 2.56. The summed E-state index contributed by atoms with van der Waals surface area (Å²) in [5.41, 5.74) is -0.864. The third-order valence-electron chi connectivity index (χ3n) is 3.90. The van der Waals surface area contributed by atoms with Gasteiger partial charge in [0.1, 0.15) is 5.56 Å². The predicted molar refractivity (Wildman–Crippen MR) is 91.9 cm³/mol. The standard InChI is InChI=1S/C16H18ClN3O6/c17-10-6-7-13(20(24)25)12(8-10)15(22)26-9-14(21)19-16(23)18-11-4-2-1-3-5-11/h6-8,11H,1-5,9H2,(H2,18,19,21,23). The lowest BCUT2D eigenvalue weighted by Gasteiger charge is -2.22. The van der Waals surface area contributed by atoms with E-state index in [1.807, 2.05) is 0 Å². The lowest BCUT2D eigenvalue weighted by atomic mass is 9.96. The van der Waals surface area contributed by atoms with Gasteiger partial charge in [0.2, 0.25) is 0 Å². The van der Waals surface area contributed by atoms with Crippen molar-refractivity contribution in [3.8, 4) is 0 Å². The summed E-state index contributed by atoms with van der Waals surface area (Å²) >= 11 is 5.73. The van der Waals surface area contributed by atoms with Crippen LogP contribution in [0.3, 0.4) is 0 Å². The van der Waals surface area contributed by atoms with Crippen molar-refractivity contribution in [3.63, 3.8) is 0 Å². The molecule has 0 spiro atoms. The third-order valence-corrected chi connectivity index (χ3v) is 4.14. The van der Waals surface area contributed by atoms with Crippen LogP contribution in [0.15, 0.2) is 18.2 Å². The molecular formula is C16H18ClN3O6. The van der Waals surface area contributed by atoms with Gasteiger partial charge in [0.25, 0.3) is 11.6 Å². The summed E-state index contributed by atoms with van der Waals surface area (Å²) in [6, 6.07) is 2.77. The van der Waals surface area contributed by atoms with Crippen LogP contribution in [0.4, 0.5) is 10.5 Å². The zero-order valence-electron chi connectivity index (χ0n) is 13.8. The summed E-state index contributed by atoms with van der Waals surface area (Å²) in [4.78, 5) is 45.6. The Labute approximate surface area is 154 Å². The first-order valence-corrected chi connectivity index (χ1v) is 8.46. The number of nitro benzene ring substituents is 1. The number of halogens is 1. The Hall–Kier alpha value is -2.68. The first-order chi connectivity index (χ1) is 12.4. The number of hydrogen-bond donors (Lipinski definition) is 2. The number of nitrogens with one attached hydrogen (secondary N) is 2. The monoisotopic (exact) mass is 383 g/mol. The van der Waals surface area contributed by atoms with Crippen LogP contribution in [0.2, 0.25) is 5.02 Å². The number of nitrogens with zero attached hydrogens (tertiary/aromatic N) is 1. The van der Waals surface area contributed by atoms with Crippen molar-refractivity contribution < 1.29 is 24.0 Å². The van der Waals surface area contributed by atoms with Gasteiger partial charge in [-0.1, -0.05) is 30.9 Å². The molecule has 3 amide bonds. The summed E-state index contributed by atoms with van der Waals surface area (Å²) < 4.78 is 4.73. The smallest absolute Gasteiger partial charge is 0.345 e. The molecule has 0 atom stereocenters. The van der Waals surface area contributed by atoms with Crippen molar-refractivity contribution in [2.24, 2.45) is 0 Å². The lowest BCUT2D eigenvalue weighted by molar-refractivity contribution is -0.385. The molecule has 0 aromatic heterocycles. The summed E-state index contributed by atoms with van der Waals surface area (Å²) in [5, 5.41) is 15.8. The molecule has 0 radical (unpaired) electrons. The first kappa shape index (κ1) is 19.6. The van der Waals surface area contributed by atoms with Crippen molar-refractivity contribution in [1.82, 2.24) is 10.6 Å². The second kappa shape index (κ2) is 9.14. The summed E-state index contributed by atoms with van der Waals surface area (Å²) in [5.74, 6) is -1.92. The van der Waals surface area contributed by atoms with Crippen LogP contribution in [-0.4, -0.2) is 35.5 Å². The number of nitro groups is 1. The minimum atomic E-state index is -1.08. The van der Waals surface area contributed by atoms with Crippen molar-refractivity contribution in [2.75, 3.05) is 6.61 Å². The third kappa shape index (κ3) is 5.69. The molecule has 2 N–H and O–H groups in total. The molecule has 26 heavy (non-hydrogen) atoms. The Kier molecular flexibility index (Phi) is 6.90. The van der Waals surface area contributed by atoms with Crippen LogP contribution in [0.1, 0.15) is 42.5 Å². The molecule has 1 aromatic rings. The van der Waals surface area contributed by atoms with E-state index in [0.29, 0.717) is 0 Å². The van der Waals surface area contributed by atoms with E-state index >= 15 is 0 Å². The van der Waals surface area contributed by atoms with Crippen LogP contribution in [-0.2, 0) is 9.53 Å². The van der Waals surface area contributed by atoms with Crippen molar-refractivity contribution in [3.05, 3.63) is 38.9 Å². The Morgan fingerprint density at radius 2 is 1.92 bits per heavy atom. The minimum absolute atomic E-state index is 0.0215. The van der Waals surface area contributed by atoms with E-state index in [0.717, 1.165) is 44.2 Å². The molecule has 0 aliphatic heterocycles. The fraction of sp³-hybridized carbons (Fsp3) is 0.438. The molecular weight excluding hydrogens is 366 g/mol. The summed E-state index contributed by atoms with van der Waals surface area (Å²) in [7, 11) is 0. The molecule has 0 saturated heterocycles. The van der Waals surface area contributed by atoms with Crippen molar-refractivity contribution in [1.29, 1.82) is 0 Å². The second-order valence-electron chi connectivity index (χ2n) is 5.85. The fourth-order valence-corrected chi connectivity index (χ4v) is 2.84. The van der Waals surface area contributed by atoms with Gasteiger partial charge in [0.15, 0.2) is 6.61 Å². The van der Waals surface area contributed by atoms with E-state index in [4.69, 9.17) is 16.3 Å². The van der Waals surface area contributed by atoms with Crippen LogP contribution in [0.5, 0.6) is 0 Å². The molecule has 0 unspecified atom stereocenters. The number of esters is 1. The minimum Gasteiger partial charge on any atom is -0.452 e. The average Bonchev–Trinajstić information content (AvgIpc) is 2.60.